The third kappa shape index (κ3) is 4.89. The van der Waals surface area contributed by atoms with Gasteiger partial charge in [-0.1, -0.05) is 18.2 Å². The third-order valence-electron chi connectivity index (χ3n) is 3.23. The Bertz CT molecular complexity index is 774. The lowest BCUT2D eigenvalue weighted by atomic mass is 10.2. The van der Waals surface area contributed by atoms with E-state index in [2.05, 4.69) is 10.0 Å². The second-order valence-corrected chi connectivity index (χ2v) is 7.04. The Hall–Kier alpha value is -2.22. The van der Waals surface area contributed by atoms with Gasteiger partial charge in [-0.3, -0.25) is 4.79 Å². The maximum Gasteiger partial charge on any atom is 0.255 e. The van der Waals surface area contributed by atoms with Crippen molar-refractivity contribution in [1.29, 1.82) is 0 Å². The van der Waals surface area contributed by atoms with Gasteiger partial charge in [0.15, 0.2) is 0 Å². The molecule has 2 N–H and O–H groups in total. The monoisotopic (exact) mass is 348 g/mol. The van der Waals surface area contributed by atoms with Crippen LogP contribution >= 0.6 is 0 Å². The van der Waals surface area contributed by atoms with Crippen molar-refractivity contribution < 1.29 is 17.9 Å². The van der Waals surface area contributed by atoms with Crippen LogP contribution in [-0.4, -0.2) is 34.1 Å². The van der Waals surface area contributed by atoms with E-state index >= 15 is 0 Å². The molecule has 2 rings (SSSR count). The van der Waals surface area contributed by atoms with E-state index in [1.54, 1.807) is 43.3 Å². The number of carbonyl (C=O) groups excluding carboxylic acids is 1. The van der Waals surface area contributed by atoms with Gasteiger partial charge in [0.25, 0.3) is 5.91 Å². The molecule has 1 amide bonds. The lowest BCUT2D eigenvalue weighted by Crippen LogP contribution is -2.35. The molecule has 0 heterocycles. The minimum Gasteiger partial charge on any atom is -0.383 e. The Balaban J connectivity index is 2.06. The Morgan fingerprint density at radius 2 is 1.71 bits per heavy atom. The average molecular weight is 348 g/mol. The summed E-state index contributed by atoms with van der Waals surface area (Å²) in [5.41, 5.74) is 1.05. The number of amides is 1. The molecule has 0 aromatic heterocycles. The molecule has 0 fully saturated rings. The standard InChI is InChI=1S/C17H20N2O4S/c1-13(12-23-2)19-24(21,22)16-10-8-15(9-11-16)18-17(20)14-6-4-3-5-7-14/h3-11,13,19H,12H2,1-2H3,(H,18,20)/t13-/m1/s1. The first-order chi connectivity index (χ1) is 11.4. The van der Waals surface area contributed by atoms with Gasteiger partial charge < -0.3 is 10.1 Å². The predicted molar refractivity (Wildman–Crippen MR) is 92.5 cm³/mol. The number of carbonyl (C=O) groups is 1. The van der Waals surface area contributed by atoms with Crippen LogP contribution in [0.2, 0.25) is 0 Å². The van der Waals surface area contributed by atoms with Crippen LogP contribution in [0.5, 0.6) is 0 Å². The molecule has 2 aromatic rings. The van der Waals surface area contributed by atoms with E-state index in [1.807, 2.05) is 6.07 Å². The molecule has 1 atom stereocenters. The molecule has 0 radical (unpaired) electrons. The fourth-order valence-electron chi connectivity index (χ4n) is 2.13. The third-order valence-corrected chi connectivity index (χ3v) is 4.84. The average Bonchev–Trinajstić information content (AvgIpc) is 2.56. The van der Waals surface area contributed by atoms with E-state index < -0.39 is 10.0 Å². The smallest absolute Gasteiger partial charge is 0.255 e. The fourth-order valence-corrected chi connectivity index (χ4v) is 3.36. The Kier molecular flexibility index (Phi) is 6.08. The molecular weight excluding hydrogens is 328 g/mol. The number of rotatable bonds is 7. The molecule has 7 heteroatoms. The summed E-state index contributed by atoms with van der Waals surface area (Å²) in [4.78, 5) is 12.2. The zero-order valence-electron chi connectivity index (χ0n) is 13.5. The van der Waals surface area contributed by atoms with Gasteiger partial charge in [0.1, 0.15) is 0 Å². The van der Waals surface area contributed by atoms with Gasteiger partial charge >= 0.3 is 0 Å². The van der Waals surface area contributed by atoms with E-state index in [0.29, 0.717) is 11.3 Å². The number of anilines is 1. The number of sulfonamides is 1. The number of hydrogen-bond acceptors (Lipinski definition) is 4. The summed E-state index contributed by atoms with van der Waals surface area (Å²) in [5, 5.41) is 2.72. The molecule has 0 aliphatic heterocycles. The van der Waals surface area contributed by atoms with Crippen molar-refractivity contribution in [2.24, 2.45) is 0 Å². The molecule has 0 bridgehead atoms. The normalized spacial score (nSPS) is 12.6. The fraction of sp³-hybridized carbons (Fsp3) is 0.235. The van der Waals surface area contributed by atoms with Gasteiger partial charge in [0, 0.05) is 24.4 Å². The minimum atomic E-state index is -3.62. The molecular formula is C17H20N2O4S. The number of hydrogen-bond donors (Lipinski definition) is 2. The van der Waals surface area contributed by atoms with Crippen molar-refractivity contribution in [3.63, 3.8) is 0 Å². The Labute approximate surface area is 141 Å². The van der Waals surface area contributed by atoms with Crippen LogP contribution in [0.4, 0.5) is 5.69 Å². The van der Waals surface area contributed by atoms with Crippen LogP contribution in [0.3, 0.4) is 0 Å². The van der Waals surface area contributed by atoms with Crippen LogP contribution in [0.15, 0.2) is 59.5 Å². The first kappa shape index (κ1) is 18.1. The first-order valence-electron chi connectivity index (χ1n) is 7.40. The SMILES string of the molecule is COC[C@@H](C)NS(=O)(=O)c1ccc(NC(=O)c2ccccc2)cc1. The molecule has 0 saturated heterocycles. The van der Waals surface area contributed by atoms with E-state index in [4.69, 9.17) is 4.74 Å². The quantitative estimate of drug-likeness (QED) is 0.804. The second-order valence-electron chi connectivity index (χ2n) is 5.32. The van der Waals surface area contributed by atoms with Gasteiger partial charge in [0.2, 0.25) is 10.0 Å². The maximum absolute atomic E-state index is 12.2. The van der Waals surface area contributed by atoms with Gasteiger partial charge in [-0.15, -0.1) is 0 Å². The van der Waals surface area contributed by atoms with Crippen LogP contribution < -0.4 is 10.0 Å². The summed E-state index contributed by atoms with van der Waals surface area (Å²) in [5.74, 6) is -0.252. The largest absolute Gasteiger partial charge is 0.383 e. The molecule has 0 saturated carbocycles. The Morgan fingerprint density at radius 3 is 2.29 bits per heavy atom. The van der Waals surface area contributed by atoms with E-state index in [1.165, 1.54) is 19.2 Å². The number of methoxy groups -OCH3 is 1. The van der Waals surface area contributed by atoms with Gasteiger partial charge in [-0.25, -0.2) is 13.1 Å². The van der Waals surface area contributed by atoms with Crippen molar-refractivity contribution in [2.45, 2.75) is 17.9 Å². The topological polar surface area (TPSA) is 84.5 Å². The minimum absolute atomic E-state index is 0.128. The Morgan fingerprint density at radius 1 is 1.08 bits per heavy atom. The summed E-state index contributed by atoms with van der Waals surface area (Å²) in [7, 11) is -2.11. The maximum atomic E-state index is 12.2. The van der Waals surface area contributed by atoms with E-state index in [9.17, 15) is 13.2 Å². The second kappa shape index (κ2) is 8.05. The zero-order valence-corrected chi connectivity index (χ0v) is 14.3. The zero-order chi connectivity index (χ0) is 17.6. The van der Waals surface area contributed by atoms with Gasteiger partial charge in [-0.2, -0.15) is 0 Å². The molecule has 0 unspecified atom stereocenters. The van der Waals surface area contributed by atoms with Crippen molar-refractivity contribution >= 4 is 21.6 Å². The lowest BCUT2D eigenvalue weighted by Gasteiger charge is -2.13. The molecule has 0 spiro atoms. The van der Waals surface area contributed by atoms with Gasteiger partial charge in [-0.05, 0) is 43.3 Å². The van der Waals surface area contributed by atoms with Gasteiger partial charge in [0.05, 0.1) is 11.5 Å². The van der Waals surface area contributed by atoms with Crippen molar-refractivity contribution in [2.75, 3.05) is 19.0 Å². The van der Waals surface area contributed by atoms with E-state index in [0.717, 1.165) is 0 Å². The van der Waals surface area contributed by atoms with Crippen molar-refractivity contribution in [1.82, 2.24) is 4.72 Å². The van der Waals surface area contributed by atoms with Crippen LogP contribution in [0, 0.1) is 0 Å². The number of benzene rings is 2. The molecule has 2 aromatic carbocycles. The molecule has 0 aliphatic rings. The highest BCUT2D eigenvalue weighted by atomic mass is 32.2. The van der Waals surface area contributed by atoms with E-state index in [-0.39, 0.29) is 23.5 Å². The lowest BCUT2D eigenvalue weighted by molar-refractivity contribution is 0.102. The van der Waals surface area contributed by atoms with Crippen LogP contribution in [0.1, 0.15) is 17.3 Å². The summed E-state index contributed by atoms with van der Waals surface area (Å²) in [6.07, 6.45) is 0. The first-order valence-corrected chi connectivity index (χ1v) is 8.88. The predicted octanol–water partition coefficient (Wildman–Crippen LogP) is 2.25. The highest BCUT2D eigenvalue weighted by Gasteiger charge is 2.17. The highest BCUT2D eigenvalue weighted by molar-refractivity contribution is 7.89. The summed E-state index contributed by atoms with van der Waals surface area (Å²) in [6.45, 7) is 2.00. The number of ether oxygens (including phenoxy) is 1. The summed E-state index contributed by atoms with van der Waals surface area (Å²) < 4.78 is 31.9. The highest BCUT2D eigenvalue weighted by Crippen LogP contribution is 2.15. The van der Waals surface area contributed by atoms with Crippen LogP contribution in [0.25, 0.3) is 0 Å². The van der Waals surface area contributed by atoms with Crippen molar-refractivity contribution in [3.8, 4) is 0 Å². The summed E-state index contributed by atoms with van der Waals surface area (Å²) in [6, 6.07) is 14.4. The molecule has 128 valence electrons. The van der Waals surface area contributed by atoms with Crippen LogP contribution in [-0.2, 0) is 14.8 Å². The molecule has 6 nitrogen and oxygen atoms in total. The number of nitrogens with one attached hydrogen (secondary N) is 2. The van der Waals surface area contributed by atoms with Crippen molar-refractivity contribution in [3.05, 3.63) is 60.2 Å². The molecule has 24 heavy (non-hydrogen) atoms. The molecule has 0 aliphatic carbocycles. The summed E-state index contributed by atoms with van der Waals surface area (Å²) >= 11 is 0.